The van der Waals surface area contributed by atoms with E-state index in [0.29, 0.717) is 0 Å². The van der Waals surface area contributed by atoms with E-state index in [1.165, 1.54) is 0 Å². The average Bonchev–Trinajstić information content (AvgIpc) is 1.75. The molecule has 0 aliphatic heterocycles. The summed E-state index contributed by atoms with van der Waals surface area (Å²) in [5.74, 6) is 0. The summed E-state index contributed by atoms with van der Waals surface area (Å²) in [4.78, 5) is 0. The van der Waals surface area contributed by atoms with Gasteiger partial charge in [-0.1, -0.05) is 29.2 Å². The van der Waals surface area contributed by atoms with Crippen molar-refractivity contribution < 1.29 is 25.8 Å². The van der Waals surface area contributed by atoms with E-state index in [4.69, 9.17) is 0 Å². The molecule has 0 N–H and O–H groups in total. The molecule has 0 aromatic heterocycles. The number of rotatable bonds is 2. The van der Waals surface area contributed by atoms with Crippen molar-refractivity contribution in [3.8, 4) is 0 Å². The Labute approximate surface area is 89.2 Å². The first kappa shape index (κ1) is 41.4. The van der Waals surface area contributed by atoms with E-state index in [1.807, 2.05) is 6.92 Å². The molecule has 0 saturated carbocycles. The molecule has 1 nitrogen and oxygen atoms in total. The van der Waals surface area contributed by atoms with E-state index in [1.54, 1.807) is 6.92 Å². The molecule has 0 saturated heterocycles. The van der Waals surface area contributed by atoms with Crippen LogP contribution in [0.25, 0.3) is 0 Å². The van der Waals surface area contributed by atoms with Crippen molar-refractivity contribution in [2.75, 3.05) is 6.61 Å². The molecule has 0 aromatic carbocycles. The van der Waals surface area contributed by atoms with Gasteiger partial charge in [0.25, 0.3) is 0 Å². The Balaban J connectivity index is -0.00000000972. The summed E-state index contributed by atoms with van der Waals surface area (Å²) in [5.41, 5.74) is 0. The van der Waals surface area contributed by atoms with Crippen molar-refractivity contribution in [3.05, 3.63) is 14.0 Å². The van der Waals surface area contributed by atoms with Crippen LogP contribution >= 0.6 is 0 Å². The predicted octanol–water partition coefficient (Wildman–Crippen LogP) is 3.95. The van der Waals surface area contributed by atoms with E-state index in [9.17, 15) is 0 Å². The quantitative estimate of drug-likeness (QED) is 0.695. The molecule has 0 aliphatic carbocycles. The average molecular weight is 334 g/mol. The minimum Gasteiger partial charge on any atom is -0.555 e. The number of ether oxygens (including phenoxy) is 1. The van der Waals surface area contributed by atoms with Gasteiger partial charge in [-0.25, -0.2) is 7.11 Å². The Kier molecular flexibility index (Phi) is 280. The van der Waals surface area contributed by atoms with Gasteiger partial charge in [0.2, 0.25) is 0 Å². The van der Waals surface area contributed by atoms with Gasteiger partial charge in [-0.15, -0.1) is 0 Å². The van der Waals surface area contributed by atoms with Crippen molar-refractivity contribution in [1.29, 1.82) is 0 Å². The second-order valence-electron chi connectivity index (χ2n) is 0.908. The van der Waals surface area contributed by atoms with Gasteiger partial charge in [0.15, 0.2) is 0 Å². The molecule has 0 aliphatic rings. The Morgan fingerprint density at radius 2 is 1.36 bits per heavy atom. The van der Waals surface area contributed by atoms with Crippen molar-refractivity contribution >= 4 is 0 Å². The molecular weight excluding hydrogens is 308 g/mol. The number of hydrogen-bond donors (Lipinski definition) is 0. The summed E-state index contributed by atoms with van der Waals surface area (Å²) in [6, 6.07) is 0. The molecule has 0 unspecified atom stereocenters. The molecule has 0 bridgehead atoms. The maximum Gasteiger partial charge on any atom is 2.00 e. The molecule has 0 radical (unpaired) electrons. The van der Waals surface area contributed by atoms with Gasteiger partial charge in [-0.05, 0) is 6.42 Å². The van der Waals surface area contributed by atoms with Crippen LogP contribution in [-0.4, -0.2) is 6.61 Å². The zero-order valence-electron chi connectivity index (χ0n) is 5.64. The zero-order valence-corrected chi connectivity index (χ0v) is 8.58. The van der Waals surface area contributed by atoms with Gasteiger partial charge >= 0.3 is 21.1 Å². The molecule has 0 amide bonds. The molecule has 0 rings (SSSR count). The maximum atomic E-state index is 4.44. The van der Waals surface area contributed by atoms with Crippen molar-refractivity contribution in [2.24, 2.45) is 0 Å². The molecule has 74 valence electrons. The third-order valence-corrected chi connectivity index (χ3v) is 0.348. The molecule has 0 aromatic rings. The van der Waals surface area contributed by atoms with E-state index >= 15 is 0 Å². The van der Waals surface area contributed by atoms with Gasteiger partial charge < -0.3 is 11.7 Å². The van der Waals surface area contributed by atoms with Crippen LogP contribution in [0, 0.1) is 14.0 Å². The molecular formula is C9H26OW. The molecule has 0 atom stereocenters. The van der Waals surface area contributed by atoms with Crippen LogP contribution in [0.4, 0.5) is 0 Å². The fourth-order valence-electron chi connectivity index (χ4n) is 0.144. The SMILES string of the molecule is C.C.C.[CH2-]C.[CH2-]OCCC.[W+2]. The van der Waals surface area contributed by atoms with E-state index in [-0.39, 0.29) is 43.3 Å². The third kappa shape index (κ3) is 114. The summed E-state index contributed by atoms with van der Waals surface area (Å²) in [5, 5.41) is 0. The van der Waals surface area contributed by atoms with Crippen molar-refractivity contribution in [1.82, 2.24) is 0 Å². The van der Waals surface area contributed by atoms with Crippen LogP contribution in [0.3, 0.4) is 0 Å². The second kappa shape index (κ2) is 74.5. The number of hydrogen-bond acceptors (Lipinski definition) is 1. The topological polar surface area (TPSA) is 9.23 Å². The summed E-state index contributed by atoms with van der Waals surface area (Å²) in [6.07, 6.45) is 1.06. The van der Waals surface area contributed by atoms with Gasteiger partial charge in [-0.2, -0.15) is 6.92 Å². The molecule has 2 heteroatoms. The minimum atomic E-state index is 0. The Morgan fingerprint density at radius 1 is 1.09 bits per heavy atom. The molecule has 0 heterocycles. The van der Waals surface area contributed by atoms with Gasteiger partial charge in [0, 0.05) is 6.61 Å². The molecule has 0 fully saturated rings. The fourth-order valence-corrected chi connectivity index (χ4v) is 0.144. The molecule has 0 spiro atoms. The fraction of sp³-hybridized carbons (Fsp3) is 0.778. The Morgan fingerprint density at radius 3 is 1.36 bits per heavy atom. The van der Waals surface area contributed by atoms with Crippen molar-refractivity contribution in [3.63, 3.8) is 0 Å². The predicted molar refractivity (Wildman–Crippen MR) is 52.8 cm³/mol. The molecule has 11 heavy (non-hydrogen) atoms. The second-order valence-corrected chi connectivity index (χ2v) is 0.908. The largest absolute Gasteiger partial charge is 2.00 e. The first-order chi connectivity index (χ1) is 3.41. The third-order valence-electron chi connectivity index (χ3n) is 0.348. The first-order valence-electron chi connectivity index (χ1n) is 2.49. The maximum absolute atomic E-state index is 4.44. The normalized spacial score (nSPS) is 4.36. The first-order valence-corrected chi connectivity index (χ1v) is 2.49. The van der Waals surface area contributed by atoms with Crippen LogP contribution in [0.5, 0.6) is 0 Å². The van der Waals surface area contributed by atoms with E-state index in [0.717, 1.165) is 13.0 Å². The van der Waals surface area contributed by atoms with Crippen LogP contribution in [0.1, 0.15) is 42.5 Å². The summed E-state index contributed by atoms with van der Waals surface area (Å²) in [7, 11) is 3.18. The Hall–Kier alpha value is 0.648. The summed E-state index contributed by atoms with van der Waals surface area (Å²) in [6.45, 7) is 7.82. The standard InChI is InChI=1S/C4H9O.C2H5.3CH4.W/c1-3-4-5-2;1-2;;;;/h2-4H2,1H3;1H2,2H3;3*1H4;/q2*-1;;;;+2. The minimum absolute atomic E-state index is 0. The van der Waals surface area contributed by atoms with Gasteiger partial charge in [-0.3, -0.25) is 0 Å². The van der Waals surface area contributed by atoms with Crippen LogP contribution in [-0.2, 0) is 25.8 Å². The van der Waals surface area contributed by atoms with Gasteiger partial charge in [0.1, 0.15) is 0 Å². The van der Waals surface area contributed by atoms with Crippen molar-refractivity contribution in [2.45, 2.75) is 42.5 Å². The van der Waals surface area contributed by atoms with E-state index in [2.05, 4.69) is 18.8 Å². The zero-order chi connectivity index (χ0) is 6.12. The van der Waals surface area contributed by atoms with Crippen LogP contribution in [0.2, 0.25) is 0 Å². The summed E-state index contributed by atoms with van der Waals surface area (Å²) >= 11 is 0. The van der Waals surface area contributed by atoms with Crippen LogP contribution in [0.15, 0.2) is 0 Å². The summed E-state index contributed by atoms with van der Waals surface area (Å²) < 4.78 is 4.44. The Bertz CT molecular complexity index is 17.0. The van der Waals surface area contributed by atoms with Gasteiger partial charge in [0.05, 0.1) is 0 Å². The van der Waals surface area contributed by atoms with Crippen LogP contribution < -0.4 is 0 Å². The smallest absolute Gasteiger partial charge is 0.555 e. The van der Waals surface area contributed by atoms with E-state index < -0.39 is 0 Å². The monoisotopic (exact) mass is 334 g/mol.